The molecule has 14 aromatic rings. The van der Waals surface area contributed by atoms with Gasteiger partial charge in [-0.1, -0.05) is 24.3 Å². The minimum atomic E-state index is -0.775. The Morgan fingerprint density at radius 1 is 0.425 bits per heavy atom. The smallest absolute Gasteiger partial charge is 0.415 e. The average molecular weight is 1730 g/mol. The number of methoxy groups -OCH3 is 5. The van der Waals surface area contributed by atoms with Gasteiger partial charge >= 0.3 is 12.1 Å². The molecule has 0 atom stereocenters. The van der Waals surface area contributed by atoms with E-state index in [1.807, 2.05) is 116 Å². The number of aromatic nitrogens is 12. The van der Waals surface area contributed by atoms with E-state index in [0.717, 1.165) is 116 Å². The number of rotatable bonds is 21. The second-order valence-corrected chi connectivity index (χ2v) is 30.0. The van der Waals surface area contributed by atoms with Crippen LogP contribution in [0.3, 0.4) is 0 Å². The molecule has 6 aromatic heterocycles. The molecular weight excluding hydrogens is 1640 g/mol. The van der Waals surface area contributed by atoms with Crippen molar-refractivity contribution in [3.05, 3.63) is 242 Å². The SMILES string of the molecule is COc1cc(-c2cnn(-c3ccc(NC(=O)NC(C)C)cc3)c2)cc(F)c1O.COc1cc(-c2cnn(-c3cccc(OC(=O)N4CCCC4)c3)c2)cc(F)c1O.COc1cc(-c2cnn(-c3ccccc3)c2)cc(C)c1O.COc1cc(-c2cnn(-c3cnc(N4CCCC4)cn3)c2)cc(F)c1O.COc1cc(-c2cnn(CCN3CCOCC3)c2)cc(C)c1O. The van der Waals surface area contributed by atoms with Gasteiger partial charge in [0.2, 0.25) is 0 Å². The summed E-state index contributed by atoms with van der Waals surface area (Å²) in [6.07, 6.45) is 25.0. The van der Waals surface area contributed by atoms with E-state index in [4.69, 9.17) is 33.2 Å². The average Bonchev–Trinajstić information content (AvgIpc) is 1.61. The van der Waals surface area contributed by atoms with Crippen LogP contribution >= 0.6 is 0 Å². The summed E-state index contributed by atoms with van der Waals surface area (Å²) in [7, 11) is 7.20. The minimum absolute atomic E-state index is 0.0450. The van der Waals surface area contributed by atoms with Crippen LogP contribution in [0.5, 0.6) is 63.2 Å². The first-order valence-electron chi connectivity index (χ1n) is 40.8. The molecule has 0 aliphatic carbocycles. The van der Waals surface area contributed by atoms with Crippen molar-refractivity contribution in [1.82, 2.24) is 74.0 Å². The maximum Gasteiger partial charge on any atom is 0.415 e. The van der Waals surface area contributed by atoms with Crippen molar-refractivity contribution in [2.75, 3.05) is 105 Å². The fraction of sp³-hybridized carbons (Fsp3) is 0.258. The number of hydrogen-bond donors (Lipinski definition) is 7. The summed E-state index contributed by atoms with van der Waals surface area (Å²) in [5.41, 5.74) is 12.2. The van der Waals surface area contributed by atoms with Crippen LogP contribution in [0.25, 0.3) is 78.5 Å². The molecule has 0 unspecified atom stereocenters. The van der Waals surface area contributed by atoms with E-state index in [1.54, 1.807) is 144 Å². The van der Waals surface area contributed by atoms with E-state index in [9.17, 15) is 48.3 Å². The fourth-order valence-electron chi connectivity index (χ4n) is 14.0. The van der Waals surface area contributed by atoms with Gasteiger partial charge in [-0.2, -0.15) is 25.5 Å². The summed E-state index contributed by atoms with van der Waals surface area (Å²) < 4.78 is 86.5. The van der Waals surface area contributed by atoms with Crippen LogP contribution < -0.4 is 44.0 Å². The summed E-state index contributed by atoms with van der Waals surface area (Å²) in [6.45, 7) is 16.4. The van der Waals surface area contributed by atoms with Crippen LogP contribution in [0.2, 0.25) is 0 Å². The topological polar surface area (TPSA) is 349 Å². The Hall–Kier alpha value is -15.1. The van der Waals surface area contributed by atoms with Crippen LogP contribution in [-0.4, -0.2) is 207 Å². The molecule has 3 amide bonds. The third-order valence-electron chi connectivity index (χ3n) is 20.9. The zero-order chi connectivity index (χ0) is 89.8. The maximum absolute atomic E-state index is 13.9. The third kappa shape index (κ3) is 22.7. The number of nitrogens with zero attached hydrogens (tertiary/aromatic N) is 15. The summed E-state index contributed by atoms with van der Waals surface area (Å²) in [6, 6.07) is 39.7. The molecule has 127 heavy (non-hydrogen) atoms. The number of hydrogen-bond acceptors (Lipinski definition) is 23. The zero-order valence-corrected chi connectivity index (χ0v) is 71.4. The number of phenolic OH excluding ortho intramolecular Hbond substituents is 5. The number of aromatic hydroxyl groups is 5. The highest BCUT2D eigenvalue weighted by Gasteiger charge is 2.24. The molecule has 17 rings (SSSR count). The minimum Gasteiger partial charge on any atom is -0.504 e. The molecule has 0 saturated carbocycles. The number of carbonyl (C=O) groups excluding carboxylic acids is 2. The third-order valence-corrected chi connectivity index (χ3v) is 20.9. The molecule has 660 valence electrons. The molecule has 0 radical (unpaired) electrons. The number of morpholine rings is 1. The van der Waals surface area contributed by atoms with E-state index in [2.05, 4.69) is 55.9 Å². The number of para-hydroxylation sites is 1. The predicted octanol–water partition coefficient (Wildman–Crippen LogP) is 16.2. The van der Waals surface area contributed by atoms with E-state index in [1.165, 1.54) is 58.4 Å². The number of benzene rings is 8. The van der Waals surface area contributed by atoms with E-state index >= 15 is 0 Å². The quantitative estimate of drug-likeness (QED) is 0.0351. The number of likely N-dealkylation sites (tertiary alicyclic amines) is 1. The van der Waals surface area contributed by atoms with Gasteiger partial charge in [0.25, 0.3) is 0 Å². The van der Waals surface area contributed by atoms with Crippen molar-refractivity contribution in [2.24, 2.45) is 0 Å². The van der Waals surface area contributed by atoms with Crippen LogP contribution in [0.15, 0.2) is 214 Å². The van der Waals surface area contributed by atoms with Crippen LogP contribution in [0.4, 0.5) is 34.3 Å². The van der Waals surface area contributed by atoms with Gasteiger partial charge < -0.3 is 79.1 Å². The summed E-state index contributed by atoms with van der Waals surface area (Å²) in [4.78, 5) is 39.1. The molecule has 7 N–H and O–H groups in total. The number of halogens is 3. The number of ether oxygens (including phenoxy) is 7. The fourth-order valence-corrected chi connectivity index (χ4v) is 14.0. The Morgan fingerprint density at radius 3 is 1.31 bits per heavy atom. The van der Waals surface area contributed by atoms with Gasteiger partial charge in [-0.05, 0) is 202 Å². The summed E-state index contributed by atoms with van der Waals surface area (Å²) >= 11 is 0. The standard InChI is InChI=1S/C21H20FN3O4.C20H21FN4O3.C18H18FN5O2.C17H23N3O3.C17H16N2O2/c1-28-19-10-14(9-18(22)20(19)26)15-12-23-25(13-15)16-5-4-6-17(11-16)29-21(27)24-7-2-3-8-24;1-12(2)23-20(27)24-15-4-6-16(7-5-15)25-11-14(10-22-25)13-8-17(21)19(26)18(9-13)28-3;1-26-15-7-12(6-14(19)18(15)25)13-8-22-24(11-13)17-10-20-16(9-21-17)23-4-2-3-5-23;1-13-9-14(10-16(22-2)17(13)21)15-11-18-20(12-15)4-3-19-5-7-23-8-6-19;1-12-8-13(9-16(21-2)17(12)20)14-10-18-19(11-14)15-6-4-3-5-7-15/h4-6,9-13,26H,2-3,7-8H2,1H3;4-12,26H,1-3H3,(H2,23,24,27);6-11,25H,2-5H2,1H3;9-12,21H,3-8H2,1-2H3;3-11,20H,1-2H3. The lowest BCUT2D eigenvalue weighted by Crippen LogP contribution is -2.38. The Morgan fingerprint density at radius 2 is 0.835 bits per heavy atom. The summed E-state index contributed by atoms with van der Waals surface area (Å²) in [5.74, 6) is -0.494. The number of anilines is 2. The predicted molar refractivity (Wildman–Crippen MR) is 473 cm³/mol. The molecule has 3 fully saturated rings. The van der Waals surface area contributed by atoms with Gasteiger partial charge in [0.15, 0.2) is 80.8 Å². The normalized spacial score (nSPS) is 12.9. The number of aryl methyl sites for hydroxylation is 2. The molecule has 0 spiro atoms. The molecule has 8 aromatic carbocycles. The largest absolute Gasteiger partial charge is 0.504 e. The Labute approximate surface area is 730 Å². The van der Waals surface area contributed by atoms with Gasteiger partial charge in [-0.3, -0.25) is 9.58 Å². The number of phenols is 5. The van der Waals surface area contributed by atoms with Gasteiger partial charge in [-0.25, -0.2) is 51.5 Å². The van der Waals surface area contributed by atoms with Crippen molar-refractivity contribution in [3.8, 4) is 142 Å². The number of urea groups is 1. The van der Waals surface area contributed by atoms with E-state index in [-0.39, 0.29) is 46.9 Å². The lowest BCUT2D eigenvalue weighted by molar-refractivity contribution is 0.0360. The van der Waals surface area contributed by atoms with Crippen molar-refractivity contribution >= 4 is 23.6 Å². The van der Waals surface area contributed by atoms with Crippen molar-refractivity contribution in [1.29, 1.82) is 0 Å². The zero-order valence-electron chi connectivity index (χ0n) is 71.4. The van der Waals surface area contributed by atoms with Crippen LogP contribution in [-0.2, 0) is 11.3 Å². The highest BCUT2D eigenvalue weighted by atomic mass is 19.1. The molecule has 9 heterocycles. The van der Waals surface area contributed by atoms with E-state index in [0.29, 0.717) is 80.9 Å². The molecule has 3 aliphatic heterocycles. The first-order chi connectivity index (χ1) is 61.4. The van der Waals surface area contributed by atoms with Gasteiger partial charge in [-0.15, -0.1) is 0 Å². The maximum atomic E-state index is 13.9. The number of nitrogens with one attached hydrogen (secondary N) is 2. The second kappa shape index (κ2) is 41.9. The highest BCUT2D eigenvalue weighted by molar-refractivity contribution is 5.89. The monoisotopic (exact) mass is 1730 g/mol. The van der Waals surface area contributed by atoms with E-state index < -0.39 is 34.7 Å². The number of amides is 3. The Balaban J connectivity index is 0.000000136. The molecule has 31 nitrogen and oxygen atoms in total. The number of carbonyl (C=O) groups is 2. The molecule has 0 bridgehead atoms. The van der Waals surface area contributed by atoms with Crippen molar-refractivity contribution < 1.29 is 81.5 Å². The van der Waals surface area contributed by atoms with Crippen molar-refractivity contribution in [2.45, 2.75) is 66.0 Å². The van der Waals surface area contributed by atoms with Gasteiger partial charge in [0, 0.05) is 122 Å². The van der Waals surface area contributed by atoms with Gasteiger partial charge in [0.05, 0.1) is 116 Å². The molecule has 3 aliphatic rings. The van der Waals surface area contributed by atoms with Crippen LogP contribution in [0, 0.1) is 31.3 Å². The Kier molecular flexibility index (Phi) is 29.6. The molecule has 34 heteroatoms. The molecule has 3 saturated heterocycles. The second-order valence-electron chi connectivity index (χ2n) is 30.0. The highest BCUT2D eigenvalue weighted by Crippen LogP contribution is 2.41. The summed E-state index contributed by atoms with van der Waals surface area (Å²) in [5, 5.41) is 76.0. The van der Waals surface area contributed by atoms with Crippen molar-refractivity contribution in [3.63, 3.8) is 0 Å². The van der Waals surface area contributed by atoms with Gasteiger partial charge in [0.1, 0.15) is 11.6 Å². The van der Waals surface area contributed by atoms with Crippen LogP contribution in [0.1, 0.15) is 50.7 Å². The lowest BCUT2D eigenvalue weighted by atomic mass is 10.1. The lowest BCUT2D eigenvalue weighted by Gasteiger charge is -2.26. The first kappa shape index (κ1) is 89.7. The molecular formula is C93H98F3N17O14. The Bertz CT molecular complexity index is 6070. The first-order valence-corrected chi connectivity index (χ1v) is 40.8.